The molecule has 45 heavy (non-hydrogen) atoms. The Morgan fingerprint density at radius 2 is 1.09 bits per heavy atom. The zero-order chi connectivity index (χ0) is 33.2. The molecule has 2 heterocycles. The summed E-state index contributed by atoms with van der Waals surface area (Å²) in [5.41, 5.74) is 0. The largest absolute Gasteiger partial charge is 0.463 e. The monoisotopic (exact) mass is 654 g/mol. The van der Waals surface area contributed by atoms with Gasteiger partial charge in [0.1, 0.15) is 61.5 Å². The molecule has 0 aliphatic carbocycles. The Hall–Kier alpha value is -1.01. The van der Waals surface area contributed by atoms with Gasteiger partial charge in [0.15, 0.2) is 12.6 Å². The van der Waals surface area contributed by atoms with Crippen molar-refractivity contribution in [3.8, 4) is 0 Å². The summed E-state index contributed by atoms with van der Waals surface area (Å²) in [4.78, 5) is 12.0. The molecule has 0 aromatic heterocycles. The standard InChI is InChI=1S/C31H58O14/c1-2-3-4-5-6-7-8-9-10-11-12-13-14-15-23(34)41-17-20(33)18-42-30-29(40)27(38)25(36)22(45-30)19-43-31-28(39)26(37)24(35)21(16-32)44-31/h20-22,24-33,35-40H,2-19H2,1H3. The summed E-state index contributed by atoms with van der Waals surface area (Å²) >= 11 is 0. The molecule has 0 bridgehead atoms. The molecule has 0 amide bonds. The van der Waals surface area contributed by atoms with E-state index in [4.69, 9.17) is 23.7 Å². The van der Waals surface area contributed by atoms with Crippen LogP contribution in [0.25, 0.3) is 0 Å². The van der Waals surface area contributed by atoms with Crippen molar-refractivity contribution in [2.45, 2.75) is 164 Å². The van der Waals surface area contributed by atoms with Gasteiger partial charge in [-0.15, -0.1) is 0 Å². The van der Waals surface area contributed by atoms with E-state index in [1.54, 1.807) is 0 Å². The second-order valence-corrected chi connectivity index (χ2v) is 12.2. The quantitative estimate of drug-likeness (QED) is 0.0537. The number of hydrogen-bond acceptors (Lipinski definition) is 14. The Bertz CT molecular complexity index is 773. The van der Waals surface area contributed by atoms with Crippen LogP contribution in [0.2, 0.25) is 0 Å². The number of carbonyl (C=O) groups excluding carboxylic acids is 1. The highest BCUT2D eigenvalue weighted by Gasteiger charge is 2.47. The number of hydrogen-bond donors (Lipinski definition) is 8. The molecule has 14 nitrogen and oxygen atoms in total. The summed E-state index contributed by atoms with van der Waals surface area (Å²) < 4.78 is 26.6. The third-order valence-corrected chi connectivity index (χ3v) is 8.32. The van der Waals surface area contributed by atoms with Crippen molar-refractivity contribution in [2.75, 3.05) is 26.4 Å². The van der Waals surface area contributed by atoms with Crippen LogP contribution in [0.5, 0.6) is 0 Å². The molecule has 0 spiro atoms. The lowest BCUT2D eigenvalue weighted by Gasteiger charge is -2.42. The zero-order valence-electron chi connectivity index (χ0n) is 26.6. The van der Waals surface area contributed by atoms with E-state index < -0.39 is 93.3 Å². The van der Waals surface area contributed by atoms with Gasteiger partial charge in [-0.25, -0.2) is 0 Å². The summed E-state index contributed by atoms with van der Waals surface area (Å²) in [6, 6.07) is 0. The topological polar surface area (TPSA) is 225 Å². The van der Waals surface area contributed by atoms with Crippen LogP contribution in [0, 0.1) is 0 Å². The zero-order valence-corrected chi connectivity index (χ0v) is 26.6. The van der Waals surface area contributed by atoms with Crippen LogP contribution in [0.4, 0.5) is 0 Å². The number of ether oxygens (including phenoxy) is 5. The summed E-state index contributed by atoms with van der Waals surface area (Å²) in [5, 5.41) is 80.2. The van der Waals surface area contributed by atoms with E-state index in [-0.39, 0.29) is 13.0 Å². The van der Waals surface area contributed by atoms with Crippen molar-refractivity contribution >= 4 is 5.97 Å². The van der Waals surface area contributed by atoms with Gasteiger partial charge in [0.25, 0.3) is 0 Å². The summed E-state index contributed by atoms with van der Waals surface area (Å²) in [7, 11) is 0. The minimum atomic E-state index is -1.72. The first-order chi connectivity index (χ1) is 21.6. The average Bonchev–Trinajstić information content (AvgIpc) is 3.03. The predicted molar refractivity (Wildman–Crippen MR) is 160 cm³/mol. The third kappa shape index (κ3) is 14.3. The molecule has 0 saturated carbocycles. The molecule has 2 aliphatic rings. The Balaban J connectivity index is 1.59. The SMILES string of the molecule is CCCCCCCCCCCCCCCC(=O)OCC(O)COC1OC(COC2OC(CO)C(O)C(O)C2O)C(O)C(O)C1O. The van der Waals surface area contributed by atoms with Crippen LogP contribution in [0.15, 0.2) is 0 Å². The van der Waals surface area contributed by atoms with Crippen molar-refractivity contribution in [1.82, 2.24) is 0 Å². The molecule has 8 N–H and O–H groups in total. The highest BCUT2D eigenvalue weighted by molar-refractivity contribution is 5.69. The van der Waals surface area contributed by atoms with Gasteiger partial charge in [0.05, 0.1) is 19.8 Å². The van der Waals surface area contributed by atoms with Gasteiger partial charge in [-0.3, -0.25) is 4.79 Å². The second kappa shape index (κ2) is 22.5. The normalized spacial score (nSPS) is 32.8. The molecule has 0 radical (unpaired) electrons. The fourth-order valence-electron chi connectivity index (χ4n) is 5.39. The number of unbranched alkanes of at least 4 members (excludes halogenated alkanes) is 12. The molecule has 2 aliphatic heterocycles. The molecule has 0 aromatic carbocycles. The minimum absolute atomic E-state index is 0.246. The van der Waals surface area contributed by atoms with Crippen LogP contribution >= 0.6 is 0 Å². The van der Waals surface area contributed by atoms with Gasteiger partial charge < -0.3 is 64.5 Å². The van der Waals surface area contributed by atoms with Gasteiger partial charge in [0.2, 0.25) is 0 Å². The van der Waals surface area contributed by atoms with E-state index in [1.165, 1.54) is 57.8 Å². The van der Waals surface area contributed by atoms with Gasteiger partial charge in [-0.1, -0.05) is 84.0 Å². The van der Waals surface area contributed by atoms with Gasteiger partial charge in [-0.2, -0.15) is 0 Å². The molecule has 14 heteroatoms. The van der Waals surface area contributed by atoms with Crippen molar-refractivity contribution in [3.05, 3.63) is 0 Å². The summed E-state index contributed by atoms with van der Waals surface area (Å²) in [6.45, 7) is 0.301. The Morgan fingerprint density at radius 1 is 0.622 bits per heavy atom. The van der Waals surface area contributed by atoms with Crippen LogP contribution in [-0.2, 0) is 28.5 Å². The highest BCUT2D eigenvalue weighted by Crippen LogP contribution is 2.26. The van der Waals surface area contributed by atoms with Crippen LogP contribution in [0.1, 0.15) is 96.8 Å². The number of carbonyl (C=O) groups is 1. The van der Waals surface area contributed by atoms with Gasteiger partial charge >= 0.3 is 5.97 Å². The lowest BCUT2D eigenvalue weighted by Crippen LogP contribution is -2.61. The molecule has 2 rings (SSSR count). The molecule has 2 fully saturated rings. The smallest absolute Gasteiger partial charge is 0.305 e. The fraction of sp³-hybridized carbons (Fsp3) is 0.968. The Morgan fingerprint density at radius 3 is 1.62 bits per heavy atom. The number of aliphatic hydroxyl groups excluding tert-OH is 8. The van der Waals surface area contributed by atoms with Crippen LogP contribution in [-0.4, -0.2) is 141 Å². The highest BCUT2D eigenvalue weighted by atomic mass is 16.7. The van der Waals surface area contributed by atoms with Crippen molar-refractivity contribution in [3.63, 3.8) is 0 Å². The Kier molecular flexibility index (Phi) is 20.1. The molecule has 11 atom stereocenters. The second-order valence-electron chi connectivity index (χ2n) is 12.2. The number of aliphatic hydroxyl groups is 8. The lowest BCUT2D eigenvalue weighted by molar-refractivity contribution is -0.332. The fourth-order valence-corrected chi connectivity index (χ4v) is 5.39. The molecular formula is C31H58O14. The van der Waals surface area contributed by atoms with E-state index in [0.717, 1.165) is 19.3 Å². The van der Waals surface area contributed by atoms with E-state index in [1.807, 2.05) is 0 Å². The maximum Gasteiger partial charge on any atom is 0.305 e. The van der Waals surface area contributed by atoms with E-state index in [2.05, 4.69) is 6.92 Å². The minimum Gasteiger partial charge on any atom is -0.463 e. The van der Waals surface area contributed by atoms with Crippen LogP contribution in [0.3, 0.4) is 0 Å². The lowest BCUT2D eigenvalue weighted by atomic mass is 9.98. The van der Waals surface area contributed by atoms with Crippen molar-refractivity contribution < 1.29 is 69.3 Å². The summed E-state index contributed by atoms with van der Waals surface area (Å²) in [6.07, 6.45) is -0.913. The van der Waals surface area contributed by atoms with E-state index >= 15 is 0 Å². The number of esters is 1. The van der Waals surface area contributed by atoms with E-state index in [0.29, 0.717) is 6.42 Å². The average molecular weight is 655 g/mol. The third-order valence-electron chi connectivity index (χ3n) is 8.32. The molecule has 0 aromatic rings. The molecule has 266 valence electrons. The maximum atomic E-state index is 12.0. The van der Waals surface area contributed by atoms with E-state index in [9.17, 15) is 45.6 Å². The van der Waals surface area contributed by atoms with Crippen LogP contribution < -0.4 is 0 Å². The van der Waals surface area contributed by atoms with Gasteiger partial charge in [0, 0.05) is 6.42 Å². The van der Waals surface area contributed by atoms with Crippen molar-refractivity contribution in [1.29, 1.82) is 0 Å². The number of rotatable bonds is 23. The van der Waals surface area contributed by atoms with Crippen molar-refractivity contribution in [2.24, 2.45) is 0 Å². The Labute approximate surface area is 266 Å². The first kappa shape index (κ1) is 40.2. The first-order valence-corrected chi connectivity index (χ1v) is 16.7. The first-order valence-electron chi connectivity index (χ1n) is 16.7. The predicted octanol–water partition coefficient (Wildman–Crippen LogP) is 0.0125. The molecule has 2 saturated heterocycles. The molecule has 11 unspecified atom stereocenters. The maximum absolute atomic E-state index is 12.0. The summed E-state index contributed by atoms with van der Waals surface area (Å²) in [5.74, 6) is -0.435. The van der Waals surface area contributed by atoms with Gasteiger partial charge in [-0.05, 0) is 6.42 Å². The molecular weight excluding hydrogens is 596 g/mol.